The fourth-order valence-electron chi connectivity index (χ4n) is 3.64. The van der Waals surface area contributed by atoms with E-state index in [1.54, 1.807) is 0 Å². The summed E-state index contributed by atoms with van der Waals surface area (Å²) in [5.74, 6) is 1.49. The number of hydrogen-bond donors (Lipinski definition) is 0. The minimum Gasteiger partial charge on any atom is -0.294 e. The molecule has 2 aromatic heterocycles. The zero-order chi connectivity index (χ0) is 17.2. The van der Waals surface area contributed by atoms with Crippen LogP contribution in [-0.2, 0) is 7.05 Å². The van der Waals surface area contributed by atoms with Crippen molar-refractivity contribution in [1.82, 2.24) is 34.9 Å². The highest BCUT2D eigenvalue weighted by molar-refractivity contribution is 5.31. The van der Waals surface area contributed by atoms with E-state index in [-0.39, 0.29) is 6.04 Å². The Labute approximate surface area is 147 Å². The van der Waals surface area contributed by atoms with Gasteiger partial charge in [0.1, 0.15) is 0 Å². The lowest BCUT2D eigenvalue weighted by molar-refractivity contribution is 0.155. The summed E-state index contributed by atoms with van der Waals surface area (Å²) in [6.07, 6.45) is 6.42. The van der Waals surface area contributed by atoms with Crippen molar-refractivity contribution >= 4 is 0 Å². The second-order valence-electron chi connectivity index (χ2n) is 6.72. The van der Waals surface area contributed by atoms with Crippen LogP contribution in [0.4, 0.5) is 0 Å². The van der Waals surface area contributed by atoms with Crippen LogP contribution in [0.25, 0.3) is 5.69 Å². The maximum Gasteiger partial charge on any atom is 0.173 e. The first-order valence-corrected chi connectivity index (χ1v) is 8.78. The third-order valence-electron chi connectivity index (χ3n) is 5.14. The number of hydrogen-bond acceptors (Lipinski definition) is 5. The first kappa shape index (κ1) is 16.0. The fraction of sp³-hybridized carbons (Fsp3) is 0.444. The molecule has 1 atom stereocenters. The van der Waals surface area contributed by atoms with Crippen LogP contribution in [0.15, 0.2) is 42.7 Å². The van der Waals surface area contributed by atoms with Crippen LogP contribution in [0.3, 0.4) is 0 Å². The number of benzene rings is 1. The predicted octanol–water partition coefficient (Wildman–Crippen LogP) is 2.34. The zero-order valence-electron chi connectivity index (χ0n) is 14.7. The Morgan fingerprint density at radius 3 is 2.56 bits per heavy atom. The lowest BCUT2D eigenvalue weighted by Gasteiger charge is -2.35. The molecule has 25 heavy (non-hydrogen) atoms. The Morgan fingerprint density at radius 2 is 1.88 bits per heavy atom. The van der Waals surface area contributed by atoms with Crippen LogP contribution in [0.2, 0.25) is 0 Å². The van der Waals surface area contributed by atoms with Crippen molar-refractivity contribution < 1.29 is 0 Å². The highest BCUT2D eigenvalue weighted by atomic mass is 15.6. The molecule has 1 unspecified atom stereocenters. The number of nitrogens with zero attached hydrogens (tertiary/aromatic N) is 7. The molecular formula is C18H23N7. The third kappa shape index (κ3) is 3.19. The molecule has 1 saturated heterocycles. The molecule has 1 aliphatic rings. The molecule has 130 valence electrons. The van der Waals surface area contributed by atoms with Crippen LogP contribution in [-0.4, -0.2) is 48.0 Å². The van der Waals surface area contributed by atoms with Gasteiger partial charge in [0, 0.05) is 13.2 Å². The molecule has 0 radical (unpaired) electrons. The fourth-order valence-corrected chi connectivity index (χ4v) is 3.64. The Morgan fingerprint density at radius 1 is 1.12 bits per heavy atom. The molecule has 7 heteroatoms. The molecule has 7 nitrogen and oxygen atoms in total. The van der Waals surface area contributed by atoms with E-state index < -0.39 is 0 Å². The molecule has 0 aliphatic carbocycles. The van der Waals surface area contributed by atoms with Crippen molar-refractivity contribution in [3.63, 3.8) is 0 Å². The largest absolute Gasteiger partial charge is 0.294 e. The van der Waals surface area contributed by atoms with E-state index in [1.165, 1.54) is 5.56 Å². The number of rotatable bonds is 4. The van der Waals surface area contributed by atoms with Crippen molar-refractivity contribution in [2.24, 2.45) is 7.05 Å². The maximum absolute atomic E-state index is 4.30. The highest BCUT2D eigenvalue weighted by Crippen LogP contribution is 2.31. The first-order chi connectivity index (χ1) is 12.2. The normalized spacial score (nSPS) is 17.7. The van der Waals surface area contributed by atoms with E-state index in [0.717, 1.165) is 37.4 Å². The van der Waals surface area contributed by atoms with Crippen LogP contribution in [0, 0.1) is 0 Å². The number of aryl methyl sites for hydroxylation is 1. The van der Waals surface area contributed by atoms with Gasteiger partial charge in [-0.2, -0.15) is 9.78 Å². The van der Waals surface area contributed by atoms with E-state index in [4.69, 9.17) is 0 Å². The molecule has 0 spiro atoms. The molecule has 0 bridgehead atoms. The van der Waals surface area contributed by atoms with Crippen molar-refractivity contribution in [3.05, 3.63) is 54.1 Å². The maximum atomic E-state index is 4.30. The van der Waals surface area contributed by atoms with Gasteiger partial charge in [0.15, 0.2) is 5.82 Å². The Hall–Kier alpha value is -2.54. The van der Waals surface area contributed by atoms with Gasteiger partial charge in [-0.3, -0.25) is 9.58 Å². The minimum absolute atomic E-state index is 0.185. The van der Waals surface area contributed by atoms with Gasteiger partial charge in [-0.1, -0.05) is 18.2 Å². The summed E-state index contributed by atoms with van der Waals surface area (Å²) in [5.41, 5.74) is 2.35. The molecular weight excluding hydrogens is 314 g/mol. The summed E-state index contributed by atoms with van der Waals surface area (Å²) >= 11 is 0. The second kappa shape index (κ2) is 6.76. The van der Waals surface area contributed by atoms with E-state index in [1.807, 2.05) is 52.9 Å². The van der Waals surface area contributed by atoms with Crippen molar-refractivity contribution in [1.29, 1.82) is 0 Å². The predicted molar refractivity (Wildman–Crippen MR) is 94.3 cm³/mol. The van der Waals surface area contributed by atoms with Gasteiger partial charge in [0.25, 0.3) is 0 Å². The molecule has 0 amide bonds. The molecule has 0 saturated carbocycles. The second-order valence-corrected chi connectivity index (χ2v) is 6.72. The number of piperidine rings is 1. The van der Waals surface area contributed by atoms with Crippen LogP contribution in [0.5, 0.6) is 0 Å². The first-order valence-electron chi connectivity index (χ1n) is 8.78. The standard InChI is InChI=1S/C18H23N7/c1-14(18-20-21-22-25(18)17-6-4-3-5-7-17)24-10-8-15(9-11-24)16-12-19-23(2)13-16/h3-7,12-15H,8-11H2,1-2H3. The monoisotopic (exact) mass is 337 g/mol. The molecule has 3 aromatic rings. The van der Waals surface area contributed by atoms with E-state index in [0.29, 0.717) is 5.92 Å². The van der Waals surface area contributed by atoms with Gasteiger partial charge in [0.2, 0.25) is 0 Å². The third-order valence-corrected chi connectivity index (χ3v) is 5.14. The summed E-state index contributed by atoms with van der Waals surface area (Å²) in [5, 5.41) is 16.7. The van der Waals surface area contributed by atoms with Crippen LogP contribution < -0.4 is 0 Å². The SMILES string of the molecule is CC(c1nnnn1-c1ccccc1)N1CCC(c2cnn(C)c2)CC1. The number of likely N-dealkylation sites (tertiary alicyclic amines) is 1. The zero-order valence-corrected chi connectivity index (χ0v) is 14.7. The molecule has 3 heterocycles. The summed E-state index contributed by atoms with van der Waals surface area (Å²) < 4.78 is 3.73. The number of tetrazole rings is 1. The van der Waals surface area contributed by atoms with E-state index in [9.17, 15) is 0 Å². The summed E-state index contributed by atoms with van der Waals surface area (Å²) in [6, 6.07) is 10.3. The van der Waals surface area contributed by atoms with Gasteiger partial charge in [-0.05, 0) is 66.9 Å². The van der Waals surface area contributed by atoms with E-state index in [2.05, 4.69) is 38.6 Å². The van der Waals surface area contributed by atoms with Gasteiger partial charge >= 0.3 is 0 Å². The molecule has 1 aromatic carbocycles. The van der Waals surface area contributed by atoms with Gasteiger partial charge in [0.05, 0.1) is 17.9 Å². The minimum atomic E-state index is 0.185. The summed E-state index contributed by atoms with van der Waals surface area (Å²) in [4.78, 5) is 2.47. The van der Waals surface area contributed by atoms with Crippen molar-refractivity contribution in [2.75, 3.05) is 13.1 Å². The average molecular weight is 337 g/mol. The van der Waals surface area contributed by atoms with Gasteiger partial charge < -0.3 is 0 Å². The van der Waals surface area contributed by atoms with Gasteiger partial charge in [-0.25, -0.2) is 0 Å². The lowest BCUT2D eigenvalue weighted by atomic mass is 9.91. The summed E-state index contributed by atoms with van der Waals surface area (Å²) in [7, 11) is 1.98. The quantitative estimate of drug-likeness (QED) is 0.731. The molecule has 1 fully saturated rings. The Bertz CT molecular complexity index is 815. The molecule has 4 rings (SSSR count). The van der Waals surface area contributed by atoms with Gasteiger partial charge in [-0.15, -0.1) is 5.10 Å². The highest BCUT2D eigenvalue weighted by Gasteiger charge is 2.28. The topological polar surface area (TPSA) is 64.7 Å². The molecule has 0 N–H and O–H groups in total. The number of para-hydroxylation sites is 1. The lowest BCUT2D eigenvalue weighted by Crippen LogP contribution is -2.36. The number of aromatic nitrogens is 6. The van der Waals surface area contributed by atoms with Crippen molar-refractivity contribution in [3.8, 4) is 5.69 Å². The smallest absolute Gasteiger partial charge is 0.173 e. The van der Waals surface area contributed by atoms with Crippen molar-refractivity contribution in [2.45, 2.75) is 31.7 Å². The van der Waals surface area contributed by atoms with E-state index >= 15 is 0 Å². The summed E-state index contributed by atoms with van der Waals surface area (Å²) in [6.45, 7) is 4.28. The van der Waals surface area contributed by atoms with Crippen LogP contribution >= 0.6 is 0 Å². The Balaban J connectivity index is 1.46. The van der Waals surface area contributed by atoms with Crippen LogP contribution in [0.1, 0.15) is 43.1 Å². The average Bonchev–Trinajstić information content (AvgIpc) is 3.31. The Kier molecular flexibility index (Phi) is 4.31. The molecule has 1 aliphatic heterocycles.